The van der Waals surface area contributed by atoms with Gasteiger partial charge in [0.05, 0.1) is 13.7 Å². The first-order valence-electron chi connectivity index (χ1n) is 8.34. The van der Waals surface area contributed by atoms with Gasteiger partial charge >= 0.3 is 0 Å². The third-order valence-electron chi connectivity index (χ3n) is 4.55. The lowest BCUT2D eigenvalue weighted by atomic mass is 9.91. The maximum atomic E-state index is 5.98. The molecule has 0 amide bonds. The molecule has 6 nitrogen and oxygen atoms in total. The van der Waals surface area contributed by atoms with Crippen molar-refractivity contribution < 1.29 is 9.47 Å². The van der Waals surface area contributed by atoms with Crippen LogP contribution in [0.15, 0.2) is 43.1 Å². The molecule has 0 fully saturated rings. The minimum absolute atomic E-state index is 0.432. The van der Waals surface area contributed by atoms with Gasteiger partial charge in [-0.1, -0.05) is 18.2 Å². The first-order chi connectivity index (χ1) is 12.2. The molecule has 0 spiro atoms. The van der Waals surface area contributed by atoms with Crippen molar-refractivity contribution in [2.75, 3.05) is 13.7 Å². The highest BCUT2D eigenvalue weighted by Crippen LogP contribution is 2.36. The van der Waals surface area contributed by atoms with Crippen LogP contribution < -0.4 is 9.47 Å². The molecule has 1 aliphatic rings. The average molecular weight is 336 g/mol. The Labute approximate surface area is 146 Å². The Kier molecular flexibility index (Phi) is 4.09. The molecule has 6 heteroatoms. The van der Waals surface area contributed by atoms with Crippen molar-refractivity contribution in [2.24, 2.45) is 5.92 Å². The van der Waals surface area contributed by atoms with Crippen molar-refractivity contribution in [3.8, 4) is 17.3 Å². The molecule has 3 aromatic rings. The molecule has 4 rings (SSSR count). The topological polar surface area (TPSA) is 62.1 Å². The second kappa shape index (κ2) is 6.55. The average Bonchev–Trinajstić information content (AvgIpc) is 3.15. The first-order valence-corrected chi connectivity index (χ1v) is 8.34. The minimum Gasteiger partial charge on any atom is -0.493 e. The second-order valence-electron chi connectivity index (χ2n) is 6.39. The normalized spacial score (nSPS) is 16.2. The highest BCUT2D eigenvalue weighted by atomic mass is 16.5. The molecular formula is C19H20N4O2. The number of ether oxygens (including phenoxy) is 2. The Hall–Kier alpha value is -2.89. The lowest BCUT2D eigenvalue weighted by Gasteiger charge is -2.26. The van der Waals surface area contributed by atoms with Gasteiger partial charge in [-0.3, -0.25) is 4.57 Å². The van der Waals surface area contributed by atoms with E-state index < -0.39 is 0 Å². The van der Waals surface area contributed by atoms with E-state index in [0.717, 1.165) is 35.7 Å². The van der Waals surface area contributed by atoms with Gasteiger partial charge in [-0.05, 0) is 42.5 Å². The van der Waals surface area contributed by atoms with Crippen LogP contribution in [0.2, 0.25) is 0 Å². The molecule has 3 heterocycles. The summed E-state index contributed by atoms with van der Waals surface area (Å²) in [5, 5.41) is 7.67. The minimum atomic E-state index is 0.432. The summed E-state index contributed by atoms with van der Waals surface area (Å²) >= 11 is 0. The number of rotatable bonds is 4. The van der Waals surface area contributed by atoms with E-state index in [1.165, 1.54) is 11.1 Å². The van der Waals surface area contributed by atoms with E-state index in [9.17, 15) is 0 Å². The maximum absolute atomic E-state index is 5.98. The number of aromatic nitrogens is 4. The van der Waals surface area contributed by atoms with Gasteiger partial charge in [0, 0.05) is 12.1 Å². The third-order valence-corrected chi connectivity index (χ3v) is 4.55. The van der Waals surface area contributed by atoms with E-state index in [2.05, 4.69) is 34.2 Å². The lowest BCUT2D eigenvalue weighted by molar-refractivity contribution is 0.211. The van der Waals surface area contributed by atoms with Crippen molar-refractivity contribution in [2.45, 2.75) is 19.8 Å². The van der Waals surface area contributed by atoms with E-state index in [-0.39, 0.29) is 0 Å². The van der Waals surface area contributed by atoms with Crippen molar-refractivity contribution >= 4 is 0 Å². The zero-order chi connectivity index (χ0) is 17.2. The molecule has 0 aliphatic carbocycles. The molecule has 1 atom stereocenters. The summed E-state index contributed by atoms with van der Waals surface area (Å²) in [6.45, 7) is 2.75. The Morgan fingerprint density at radius 1 is 1.28 bits per heavy atom. The molecule has 1 aliphatic heterocycles. The Morgan fingerprint density at radius 3 is 2.88 bits per heavy atom. The predicted molar refractivity (Wildman–Crippen MR) is 93.3 cm³/mol. The van der Waals surface area contributed by atoms with Crippen LogP contribution in [0.4, 0.5) is 0 Å². The second-order valence-corrected chi connectivity index (χ2v) is 6.39. The van der Waals surface area contributed by atoms with Crippen LogP contribution in [0, 0.1) is 12.8 Å². The molecule has 2 aromatic heterocycles. The summed E-state index contributed by atoms with van der Waals surface area (Å²) in [4.78, 5) is 4.58. The third kappa shape index (κ3) is 3.07. The van der Waals surface area contributed by atoms with Crippen LogP contribution in [0.25, 0.3) is 5.82 Å². The van der Waals surface area contributed by atoms with E-state index in [0.29, 0.717) is 12.5 Å². The smallest absolute Gasteiger partial charge is 0.164 e. The summed E-state index contributed by atoms with van der Waals surface area (Å²) in [7, 11) is 1.68. The number of methoxy groups -OCH3 is 1. The van der Waals surface area contributed by atoms with Gasteiger partial charge in [0.2, 0.25) is 0 Å². The van der Waals surface area contributed by atoms with E-state index in [1.807, 2.05) is 22.9 Å². The van der Waals surface area contributed by atoms with Gasteiger partial charge in [-0.25, -0.2) is 4.98 Å². The number of para-hydroxylation sites is 1. The Bertz CT molecular complexity index is 877. The molecule has 0 bridgehead atoms. The fourth-order valence-electron chi connectivity index (χ4n) is 3.40. The zero-order valence-electron chi connectivity index (χ0n) is 14.3. The van der Waals surface area contributed by atoms with Gasteiger partial charge in [0.25, 0.3) is 0 Å². The SMILES string of the molecule is COc1cccc2c1OCC(Cc1cnc(-n3cnnc3)c(C)c1)C2. The van der Waals surface area contributed by atoms with Gasteiger partial charge in [-0.15, -0.1) is 10.2 Å². The van der Waals surface area contributed by atoms with Crippen LogP contribution in [-0.4, -0.2) is 33.5 Å². The fraction of sp³-hybridized carbons (Fsp3) is 0.316. The van der Waals surface area contributed by atoms with Gasteiger partial charge in [0.1, 0.15) is 18.5 Å². The molecule has 25 heavy (non-hydrogen) atoms. The number of pyridine rings is 1. The lowest BCUT2D eigenvalue weighted by Crippen LogP contribution is -2.23. The van der Waals surface area contributed by atoms with Crippen LogP contribution in [0.3, 0.4) is 0 Å². The molecule has 1 unspecified atom stereocenters. The zero-order valence-corrected chi connectivity index (χ0v) is 14.3. The Balaban J connectivity index is 1.50. The van der Waals surface area contributed by atoms with Crippen LogP contribution in [-0.2, 0) is 12.8 Å². The van der Waals surface area contributed by atoms with Crippen molar-refractivity contribution in [3.05, 3.63) is 59.8 Å². The number of benzene rings is 1. The number of aryl methyl sites for hydroxylation is 1. The monoisotopic (exact) mass is 336 g/mol. The highest BCUT2D eigenvalue weighted by molar-refractivity contribution is 5.48. The van der Waals surface area contributed by atoms with Crippen LogP contribution in [0.1, 0.15) is 16.7 Å². The van der Waals surface area contributed by atoms with Crippen molar-refractivity contribution in [1.29, 1.82) is 0 Å². The van der Waals surface area contributed by atoms with Gasteiger partial charge in [0.15, 0.2) is 11.5 Å². The first kappa shape index (κ1) is 15.6. The molecule has 128 valence electrons. The molecular weight excluding hydrogens is 316 g/mol. The van der Waals surface area contributed by atoms with Crippen molar-refractivity contribution in [3.63, 3.8) is 0 Å². The largest absolute Gasteiger partial charge is 0.493 e. The quantitative estimate of drug-likeness (QED) is 0.733. The summed E-state index contributed by atoms with van der Waals surface area (Å²) in [5.41, 5.74) is 3.53. The van der Waals surface area contributed by atoms with Crippen LogP contribution in [0.5, 0.6) is 11.5 Å². The molecule has 0 saturated carbocycles. The Morgan fingerprint density at radius 2 is 2.12 bits per heavy atom. The number of nitrogens with zero attached hydrogens (tertiary/aromatic N) is 4. The fourth-order valence-corrected chi connectivity index (χ4v) is 3.40. The van der Waals surface area contributed by atoms with Crippen molar-refractivity contribution in [1.82, 2.24) is 19.7 Å². The molecule has 1 aromatic carbocycles. The van der Waals surface area contributed by atoms with E-state index in [4.69, 9.17) is 9.47 Å². The molecule has 0 radical (unpaired) electrons. The van der Waals surface area contributed by atoms with E-state index >= 15 is 0 Å². The molecule has 0 saturated heterocycles. The van der Waals surface area contributed by atoms with Crippen LogP contribution >= 0.6 is 0 Å². The standard InChI is InChI=1S/C19H20N4O2/c1-13-6-14(9-20-19(13)23-11-21-22-12-23)7-15-8-16-4-3-5-17(24-2)18(16)25-10-15/h3-6,9,11-12,15H,7-8,10H2,1-2H3. The van der Waals surface area contributed by atoms with Gasteiger partial charge < -0.3 is 9.47 Å². The summed E-state index contributed by atoms with van der Waals surface area (Å²) in [5.74, 6) is 3.00. The number of hydrogen-bond acceptors (Lipinski definition) is 5. The number of fused-ring (bicyclic) bond motifs is 1. The number of hydrogen-bond donors (Lipinski definition) is 0. The summed E-state index contributed by atoms with van der Waals surface area (Å²) < 4.78 is 13.2. The molecule has 0 N–H and O–H groups in total. The predicted octanol–water partition coefficient (Wildman–Crippen LogP) is 2.77. The summed E-state index contributed by atoms with van der Waals surface area (Å²) in [6.07, 6.45) is 7.18. The highest BCUT2D eigenvalue weighted by Gasteiger charge is 2.23. The van der Waals surface area contributed by atoms with E-state index in [1.54, 1.807) is 19.8 Å². The van der Waals surface area contributed by atoms with Gasteiger partial charge in [-0.2, -0.15) is 0 Å². The summed E-state index contributed by atoms with van der Waals surface area (Å²) in [6, 6.07) is 8.26. The maximum Gasteiger partial charge on any atom is 0.164 e.